The first-order valence-electron chi connectivity index (χ1n) is 6.35. The Bertz CT molecular complexity index is 328. The Hall–Kier alpha value is -0.930. The topological polar surface area (TPSA) is 37.0 Å². The summed E-state index contributed by atoms with van der Waals surface area (Å²) < 4.78 is 0. The number of pyridine rings is 1. The lowest BCUT2D eigenvalue weighted by Crippen LogP contribution is -2.37. The van der Waals surface area contributed by atoms with Gasteiger partial charge in [0.05, 0.1) is 0 Å². The van der Waals surface area contributed by atoms with Crippen molar-refractivity contribution in [2.24, 2.45) is 0 Å². The van der Waals surface area contributed by atoms with Crippen LogP contribution in [0.25, 0.3) is 0 Å². The maximum absolute atomic E-state index is 4.27. The molecular weight excluding hydrogens is 210 g/mol. The highest BCUT2D eigenvalue weighted by molar-refractivity contribution is 5.17. The van der Waals surface area contributed by atoms with Gasteiger partial charge in [-0.25, -0.2) is 0 Å². The molecule has 1 heterocycles. The molecule has 1 rings (SSSR count). The van der Waals surface area contributed by atoms with E-state index in [2.05, 4.69) is 49.4 Å². The van der Waals surface area contributed by atoms with Crippen LogP contribution in [0.4, 0.5) is 0 Å². The van der Waals surface area contributed by atoms with E-state index in [9.17, 15) is 0 Å². The fourth-order valence-corrected chi connectivity index (χ4v) is 1.60. The van der Waals surface area contributed by atoms with Crippen LogP contribution in [0.5, 0.6) is 0 Å². The largest absolute Gasteiger partial charge is 0.313 e. The minimum absolute atomic E-state index is 0.222. The van der Waals surface area contributed by atoms with Gasteiger partial charge in [0.2, 0.25) is 0 Å². The smallest absolute Gasteiger partial charge is 0.0417 e. The summed E-state index contributed by atoms with van der Waals surface area (Å²) >= 11 is 0. The molecule has 0 aliphatic carbocycles. The van der Waals surface area contributed by atoms with Crippen molar-refractivity contribution in [2.45, 2.75) is 46.2 Å². The molecule has 0 fully saturated rings. The van der Waals surface area contributed by atoms with Crippen molar-refractivity contribution < 1.29 is 0 Å². The second kappa shape index (κ2) is 6.72. The second-order valence-electron chi connectivity index (χ2n) is 5.46. The third-order valence-electron chi connectivity index (χ3n) is 2.62. The van der Waals surface area contributed by atoms with E-state index < -0.39 is 0 Å². The van der Waals surface area contributed by atoms with E-state index in [1.165, 1.54) is 5.56 Å². The van der Waals surface area contributed by atoms with Gasteiger partial charge in [-0.1, -0.05) is 6.07 Å². The summed E-state index contributed by atoms with van der Waals surface area (Å²) in [5.74, 6) is 0. The van der Waals surface area contributed by atoms with Gasteiger partial charge in [-0.3, -0.25) is 4.98 Å². The van der Waals surface area contributed by atoms with Crippen LogP contribution in [0.2, 0.25) is 0 Å². The molecule has 0 atom stereocenters. The summed E-state index contributed by atoms with van der Waals surface area (Å²) in [7, 11) is 0. The summed E-state index contributed by atoms with van der Waals surface area (Å²) in [4.78, 5) is 4.27. The Labute approximate surface area is 105 Å². The first kappa shape index (κ1) is 14.1. The number of rotatable bonds is 6. The molecule has 0 aliphatic rings. The molecule has 0 spiro atoms. The van der Waals surface area contributed by atoms with E-state index >= 15 is 0 Å². The van der Waals surface area contributed by atoms with Crippen molar-refractivity contribution in [2.75, 3.05) is 13.1 Å². The maximum Gasteiger partial charge on any atom is 0.0417 e. The van der Waals surface area contributed by atoms with Crippen LogP contribution in [0.15, 0.2) is 18.3 Å². The first-order valence-corrected chi connectivity index (χ1v) is 6.35. The van der Waals surface area contributed by atoms with Gasteiger partial charge < -0.3 is 10.6 Å². The molecule has 3 nitrogen and oxygen atoms in total. The van der Waals surface area contributed by atoms with Gasteiger partial charge in [-0.2, -0.15) is 0 Å². The maximum atomic E-state index is 4.27. The van der Waals surface area contributed by atoms with Crippen LogP contribution in [0, 0.1) is 6.92 Å². The third kappa shape index (κ3) is 6.39. The standard InChI is InChI=1S/C14H25N3/c1-12-13(7-5-9-16-12)11-15-8-6-10-17-14(2,3)4/h5,7,9,15,17H,6,8,10-11H2,1-4H3. The van der Waals surface area contributed by atoms with Crippen molar-refractivity contribution in [1.29, 1.82) is 0 Å². The number of hydrogen-bond acceptors (Lipinski definition) is 3. The zero-order valence-corrected chi connectivity index (χ0v) is 11.5. The van der Waals surface area contributed by atoms with Crippen LogP contribution in [0.1, 0.15) is 38.4 Å². The van der Waals surface area contributed by atoms with Gasteiger partial charge in [0.1, 0.15) is 0 Å². The first-order chi connectivity index (χ1) is 7.99. The van der Waals surface area contributed by atoms with Gasteiger partial charge in [0, 0.05) is 24.0 Å². The van der Waals surface area contributed by atoms with Crippen LogP contribution in [-0.4, -0.2) is 23.6 Å². The minimum Gasteiger partial charge on any atom is -0.313 e. The predicted octanol–water partition coefficient (Wildman–Crippen LogP) is 2.26. The van der Waals surface area contributed by atoms with E-state index in [4.69, 9.17) is 0 Å². The summed E-state index contributed by atoms with van der Waals surface area (Å²) in [5.41, 5.74) is 2.63. The van der Waals surface area contributed by atoms with E-state index in [1.807, 2.05) is 12.3 Å². The fraction of sp³-hybridized carbons (Fsp3) is 0.643. The molecule has 0 saturated carbocycles. The van der Waals surface area contributed by atoms with Crippen molar-refractivity contribution >= 4 is 0 Å². The Morgan fingerprint density at radius 2 is 2.00 bits per heavy atom. The van der Waals surface area contributed by atoms with Crippen molar-refractivity contribution in [3.63, 3.8) is 0 Å². The fourth-order valence-electron chi connectivity index (χ4n) is 1.60. The number of nitrogens with zero attached hydrogens (tertiary/aromatic N) is 1. The van der Waals surface area contributed by atoms with Gasteiger partial charge in [-0.05, 0) is 58.8 Å². The zero-order chi connectivity index (χ0) is 12.7. The Morgan fingerprint density at radius 1 is 1.24 bits per heavy atom. The molecule has 0 bridgehead atoms. The van der Waals surface area contributed by atoms with Gasteiger partial charge in [0.25, 0.3) is 0 Å². The van der Waals surface area contributed by atoms with Crippen molar-refractivity contribution in [3.8, 4) is 0 Å². The highest BCUT2D eigenvalue weighted by atomic mass is 14.9. The molecule has 3 heteroatoms. The van der Waals surface area contributed by atoms with Crippen LogP contribution in [0.3, 0.4) is 0 Å². The van der Waals surface area contributed by atoms with E-state index in [0.29, 0.717) is 0 Å². The molecule has 1 aromatic rings. The van der Waals surface area contributed by atoms with E-state index in [1.54, 1.807) is 0 Å². The lowest BCUT2D eigenvalue weighted by Gasteiger charge is -2.20. The van der Waals surface area contributed by atoms with E-state index in [-0.39, 0.29) is 5.54 Å². The zero-order valence-electron chi connectivity index (χ0n) is 11.5. The molecule has 0 aliphatic heterocycles. The average Bonchev–Trinajstić information content (AvgIpc) is 2.24. The molecule has 0 unspecified atom stereocenters. The van der Waals surface area contributed by atoms with Crippen LogP contribution >= 0.6 is 0 Å². The molecule has 1 aromatic heterocycles. The Morgan fingerprint density at radius 3 is 2.65 bits per heavy atom. The monoisotopic (exact) mass is 235 g/mol. The van der Waals surface area contributed by atoms with Crippen LogP contribution in [-0.2, 0) is 6.54 Å². The van der Waals surface area contributed by atoms with Crippen molar-refractivity contribution in [1.82, 2.24) is 15.6 Å². The molecular formula is C14H25N3. The number of aryl methyl sites for hydroxylation is 1. The summed E-state index contributed by atoms with van der Waals surface area (Å²) in [6.45, 7) is 11.6. The molecule has 2 N–H and O–H groups in total. The number of aromatic nitrogens is 1. The number of nitrogens with one attached hydrogen (secondary N) is 2. The lowest BCUT2D eigenvalue weighted by atomic mass is 10.1. The molecule has 17 heavy (non-hydrogen) atoms. The highest BCUT2D eigenvalue weighted by Gasteiger charge is 2.06. The average molecular weight is 235 g/mol. The quantitative estimate of drug-likeness (QED) is 0.743. The van der Waals surface area contributed by atoms with Gasteiger partial charge in [0.15, 0.2) is 0 Å². The van der Waals surface area contributed by atoms with Gasteiger partial charge in [-0.15, -0.1) is 0 Å². The van der Waals surface area contributed by atoms with Crippen LogP contribution < -0.4 is 10.6 Å². The summed E-state index contributed by atoms with van der Waals surface area (Å²) in [6.07, 6.45) is 2.99. The highest BCUT2D eigenvalue weighted by Crippen LogP contribution is 2.02. The molecule has 0 radical (unpaired) electrons. The number of hydrogen-bond donors (Lipinski definition) is 2. The molecule has 0 aromatic carbocycles. The SMILES string of the molecule is Cc1ncccc1CNCCCNC(C)(C)C. The van der Waals surface area contributed by atoms with Gasteiger partial charge >= 0.3 is 0 Å². The normalized spacial score (nSPS) is 11.8. The second-order valence-corrected chi connectivity index (χ2v) is 5.46. The summed E-state index contributed by atoms with van der Waals surface area (Å²) in [5, 5.41) is 6.93. The third-order valence-corrected chi connectivity index (χ3v) is 2.62. The molecule has 96 valence electrons. The Kier molecular flexibility index (Phi) is 5.59. The Balaban J connectivity index is 2.11. The molecule has 0 saturated heterocycles. The van der Waals surface area contributed by atoms with Crippen molar-refractivity contribution in [3.05, 3.63) is 29.6 Å². The lowest BCUT2D eigenvalue weighted by molar-refractivity contribution is 0.418. The summed E-state index contributed by atoms with van der Waals surface area (Å²) in [6, 6.07) is 4.12. The van der Waals surface area contributed by atoms with E-state index in [0.717, 1.165) is 31.7 Å². The molecule has 0 amide bonds. The predicted molar refractivity (Wildman–Crippen MR) is 73.1 cm³/mol. The minimum atomic E-state index is 0.222.